The van der Waals surface area contributed by atoms with E-state index in [0.29, 0.717) is 34.9 Å². The van der Waals surface area contributed by atoms with Crippen molar-refractivity contribution in [3.63, 3.8) is 0 Å². The molecule has 0 aliphatic rings. The summed E-state index contributed by atoms with van der Waals surface area (Å²) >= 11 is 0. The fourth-order valence-corrected chi connectivity index (χ4v) is 3.75. The number of ether oxygens (including phenoxy) is 2. The Labute approximate surface area is 211 Å². The van der Waals surface area contributed by atoms with Crippen LogP contribution in [0.4, 0.5) is 18.9 Å². The van der Waals surface area contributed by atoms with E-state index in [1.165, 1.54) is 19.5 Å². The Morgan fingerprint density at radius 2 is 1.81 bits per heavy atom. The van der Waals surface area contributed by atoms with E-state index in [-0.39, 0.29) is 18.6 Å². The molecule has 37 heavy (non-hydrogen) atoms. The van der Waals surface area contributed by atoms with E-state index in [0.717, 1.165) is 28.9 Å². The van der Waals surface area contributed by atoms with Crippen LogP contribution in [0.3, 0.4) is 0 Å². The summed E-state index contributed by atoms with van der Waals surface area (Å²) in [5.74, 6) is 1.28. The van der Waals surface area contributed by atoms with Crippen LogP contribution in [-0.2, 0) is 23.8 Å². The number of carbonyl (C=O) groups excluding carboxylic acids is 1. The van der Waals surface area contributed by atoms with Gasteiger partial charge in [0.1, 0.15) is 29.3 Å². The average Bonchev–Trinajstić information content (AvgIpc) is 2.88. The normalized spacial score (nSPS) is 11.4. The third-order valence-corrected chi connectivity index (χ3v) is 5.77. The summed E-state index contributed by atoms with van der Waals surface area (Å²) in [6, 6.07) is 13.2. The fraction of sp³-hybridized carbons (Fsp3) is 0.259. The van der Waals surface area contributed by atoms with Crippen molar-refractivity contribution in [3.05, 3.63) is 77.9 Å². The summed E-state index contributed by atoms with van der Waals surface area (Å²) in [6.07, 6.45) is -1.33. The summed E-state index contributed by atoms with van der Waals surface area (Å²) in [6.45, 7) is 0. The monoisotopic (exact) mass is 510 g/mol. The van der Waals surface area contributed by atoms with Gasteiger partial charge in [0.2, 0.25) is 5.88 Å². The summed E-state index contributed by atoms with van der Waals surface area (Å²) in [7, 11) is 5.40. The topological polar surface area (TPSA) is 77.4 Å². The number of ketones is 1. The number of halogens is 3. The highest BCUT2D eigenvalue weighted by Crippen LogP contribution is 2.32. The molecule has 4 rings (SSSR count). The first kappa shape index (κ1) is 25.9. The molecule has 7 nitrogen and oxygen atoms in total. The summed E-state index contributed by atoms with van der Waals surface area (Å²) in [5, 5.41) is 0.754. The molecule has 0 fully saturated rings. The zero-order valence-corrected chi connectivity index (χ0v) is 20.5. The van der Waals surface area contributed by atoms with Gasteiger partial charge in [-0.3, -0.25) is 9.78 Å². The molecule has 0 spiro atoms. The number of carbonyl (C=O) groups is 1. The summed E-state index contributed by atoms with van der Waals surface area (Å²) in [5.41, 5.74) is 2.03. The third kappa shape index (κ3) is 6.32. The highest BCUT2D eigenvalue weighted by Gasteiger charge is 2.32. The van der Waals surface area contributed by atoms with E-state index in [1.807, 2.05) is 37.2 Å². The van der Waals surface area contributed by atoms with Crippen LogP contribution >= 0.6 is 0 Å². The molecule has 0 aliphatic heterocycles. The molecule has 0 saturated heterocycles. The average molecular weight is 511 g/mol. The number of hydrogen-bond donors (Lipinski definition) is 0. The van der Waals surface area contributed by atoms with Crippen LogP contribution in [-0.4, -0.2) is 41.9 Å². The molecule has 2 aromatic heterocycles. The second-order valence-corrected chi connectivity index (χ2v) is 8.62. The number of fused-ring (bicyclic) bond motifs is 1. The minimum Gasteiger partial charge on any atom is -0.496 e. The van der Waals surface area contributed by atoms with Crippen molar-refractivity contribution >= 4 is 22.4 Å². The van der Waals surface area contributed by atoms with Crippen LogP contribution in [0.5, 0.6) is 17.4 Å². The van der Waals surface area contributed by atoms with Gasteiger partial charge in [0, 0.05) is 50.5 Å². The van der Waals surface area contributed by atoms with Gasteiger partial charge < -0.3 is 14.4 Å². The molecule has 0 unspecified atom stereocenters. The van der Waals surface area contributed by atoms with Gasteiger partial charge in [-0.1, -0.05) is 12.1 Å². The van der Waals surface area contributed by atoms with Crippen molar-refractivity contribution < 1.29 is 27.4 Å². The van der Waals surface area contributed by atoms with E-state index in [2.05, 4.69) is 15.0 Å². The van der Waals surface area contributed by atoms with Gasteiger partial charge in [0.15, 0.2) is 0 Å². The number of alkyl halides is 3. The molecule has 2 aromatic carbocycles. The number of rotatable bonds is 9. The molecule has 0 aliphatic carbocycles. The molecule has 0 bridgehead atoms. The van der Waals surface area contributed by atoms with Gasteiger partial charge in [0.05, 0.1) is 18.0 Å². The molecule has 10 heteroatoms. The largest absolute Gasteiger partial charge is 0.496 e. The number of Topliss-reactive ketones (excluding diaryl/α,β-unsaturated/α-hetero) is 1. The standard InChI is InChI=1S/C27H25F3N4O3/c1-34(2)19-7-10-22-23(13-19)32-16-33-26(22)37-21-9-6-18(24(14-21)36-3)12-20(35)8-4-17-5-11-25(31-15-17)27(28,29)30/h5-7,9-11,13-16H,4,8,12H2,1-3H3. The zero-order chi connectivity index (χ0) is 26.6. The minimum atomic E-state index is -4.49. The predicted molar refractivity (Wildman–Crippen MR) is 133 cm³/mol. The Kier molecular flexibility index (Phi) is 7.56. The Morgan fingerprint density at radius 3 is 2.49 bits per heavy atom. The number of pyridine rings is 1. The van der Waals surface area contributed by atoms with E-state index in [1.54, 1.807) is 18.2 Å². The van der Waals surface area contributed by atoms with Gasteiger partial charge in [-0.05, 0) is 42.3 Å². The lowest BCUT2D eigenvalue weighted by atomic mass is 10.0. The minimum absolute atomic E-state index is 0.0784. The first-order chi connectivity index (χ1) is 17.6. The Balaban J connectivity index is 1.43. The summed E-state index contributed by atoms with van der Waals surface area (Å²) in [4.78, 5) is 26.6. The highest BCUT2D eigenvalue weighted by molar-refractivity contribution is 5.86. The van der Waals surface area contributed by atoms with Gasteiger partial charge in [-0.25, -0.2) is 9.97 Å². The lowest BCUT2D eigenvalue weighted by Gasteiger charge is -2.14. The zero-order valence-electron chi connectivity index (χ0n) is 20.5. The van der Waals surface area contributed by atoms with Crippen LogP contribution in [0.1, 0.15) is 23.2 Å². The van der Waals surface area contributed by atoms with Crippen molar-refractivity contribution in [1.29, 1.82) is 0 Å². The maximum Gasteiger partial charge on any atom is 0.433 e. The maximum atomic E-state index is 12.7. The molecule has 2 heterocycles. The molecule has 0 atom stereocenters. The Hall–Kier alpha value is -4.21. The number of anilines is 1. The van der Waals surface area contributed by atoms with E-state index in [9.17, 15) is 18.0 Å². The third-order valence-electron chi connectivity index (χ3n) is 5.77. The molecular formula is C27H25F3N4O3. The SMILES string of the molecule is COc1cc(Oc2ncnc3cc(N(C)C)ccc23)ccc1CC(=O)CCc1ccc(C(F)(F)F)nc1. The number of benzene rings is 2. The molecule has 0 N–H and O–H groups in total. The summed E-state index contributed by atoms with van der Waals surface area (Å²) < 4.78 is 49.5. The molecule has 0 amide bonds. The number of nitrogens with zero attached hydrogens (tertiary/aromatic N) is 4. The number of aromatic nitrogens is 3. The van der Waals surface area contributed by atoms with Crippen LogP contribution in [0.2, 0.25) is 0 Å². The smallest absolute Gasteiger partial charge is 0.433 e. The van der Waals surface area contributed by atoms with Crippen molar-refractivity contribution in [3.8, 4) is 17.4 Å². The fourth-order valence-electron chi connectivity index (χ4n) is 3.75. The maximum absolute atomic E-state index is 12.7. The number of methoxy groups -OCH3 is 1. The Bertz CT molecular complexity index is 1410. The molecule has 4 aromatic rings. The molecule has 0 radical (unpaired) electrons. The quantitative estimate of drug-likeness (QED) is 0.288. The number of aryl methyl sites for hydroxylation is 1. The van der Waals surface area contributed by atoms with E-state index < -0.39 is 11.9 Å². The lowest BCUT2D eigenvalue weighted by Crippen LogP contribution is -2.09. The van der Waals surface area contributed by atoms with Crippen LogP contribution in [0.25, 0.3) is 10.9 Å². The van der Waals surface area contributed by atoms with Crippen LogP contribution in [0.15, 0.2) is 61.1 Å². The Morgan fingerprint density at radius 1 is 1.00 bits per heavy atom. The molecule has 192 valence electrons. The van der Waals surface area contributed by atoms with Crippen molar-refractivity contribution in [2.45, 2.75) is 25.4 Å². The van der Waals surface area contributed by atoms with Crippen LogP contribution < -0.4 is 14.4 Å². The highest BCUT2D eigenvalue weighted by atomic mass is 19.4. The van der Waals surface area contributed by atoms with Gasteiger partial charge in [0.25, 0.3) is 0 Å². The second-order valence-electron chi connectivity index (χ2n) is 8.62. The first-order valence-electron chi connectivity index (χ1n) is 11.4. The van der Waals surface area contributed by atoms with Gasteiger partial charge >= 0.3 is 6.18 Å². The van der Waals surface area contributed by atoms with Crippen molar-refractivity contribution in [2.75, 3.05) is 26.1 Å². The van der Waals surface area contributed by atoms with E-state index in [4.69, 9.17) is 9.47 Å². The second kappa shape index (κ2) is 10.8. The lowest BCUT2D eigenvalue weighted by molar-refractivity contribution is -0.141. The first-order valence-corrected chi connectivity index (χ1v) is 11.4. The van der Waals surface area contributed by atoms with Crippen molar-refractivity contribution in [2.24, 2.45) is 0 Å². The predicted octanol–water partition coefficient (Wildman–Crippen LogP) is 5.65. The van der Waals surface area contributed by atoms with Gasteiger partial charge in [-0.2, -0.15) is 13.2 Å². The molecular weight excluding hydrogens is 485 g/mol. The van der Waals surface area contributed by atoms with E-state index >= 15 is 0 Å². The van der Waals surface area contributed by atoms with Gasteiger partial charge in [-0.15, -0.1) is 0 Å². The molecule has 0 saturated carbocycles. The van der Waals surface area contributed by atoms with Crippen molar-refractivity contribution in [1.82, 2.24) is 15.0 Å². The number of hydrogen-bond acceptors (Lipinski definition) is 7. The van der Waals surface area contributed by atoms with Crippen LogP contribution in [0, 0.1) is 0 Å².